The van der Waals surface area contributed by atoms with E-state index in [1.54, 1.807) is 12.1 Å². The van der Waals surface area contributed by atoms with Crippen LogP contribution in [0.1, 0.15) is 21.9 Å². The fourth-order valence-corrected chi connectivity index (χ4v) is 3.29. The number of oxazole rings is 1. The number of hydrogen-bond donors (Lipinski definition) is 1. The molecule has 0 saturated carbocycles. The van der Waals surface area contributed by atoms with Gasteiger partial charge in [-0.1, -0.05) is 23.9 Å². The SMILES string of the molecule is Cc1cccc2oc(SCc3ccc(C(=O)Nc4ccc(F)cc4)o3)nc12. The maximum Gasteiger partial charge on any atom is 0.291 e. The molecule has 0 bridgehead atoms. The topological polar surface area (TPSA) is 68.3 Å². The van der Waals surface area contributed by atoms with Crippen LogP contribution in [0.3, 0.4) is 0 Å². The third-order valence-electron chi connectivity index (χ3n) is 3.93. The summed E-state index contributed by atoms with van der Waals surface area (Å²) in [4.78, 5) is 16.7. The number of anilines is 1. The number of rotatable bonds is 5. The molecule has 7 heteroatoms. The molecule has 0 radical (unpaired) electrons. The summed E-state index contributed by atoms with van der Waals surface area (Å²) in [5, 5.41) is 3.21. The Morgan fingerprint density at radius 1 is 1.11 bits per heavy atom. The average molecular weight is 382 g/mol. The molecule has 0 saturated heterocycles. The molecule has 0 unspecified atom stereocenters. The Labute approximate surface area is 158 Å². The van der Waals surface area contributed by atoms with E-state index in [0.29, 0.717) is 22.4 Å². The Kier molecular flexibility index (Phi) is 4.68. The average Bonchev–Trinajstić information content (AvgIpc) is 3.29. The number of halogens is 1. The summed E-state index contributed by atoms with van der Waals surface area (Å²) in [5.41, 5.74) is 3.14. The number of amides is 1. The van der Waals surface area contributed by atoms with Crippen molar-refractivity contribution in [2.45, 2.75) is 17.9 Å². The molecule has 1 amide bonds. The van der Waals surface area contributed by atoms with Crippen molar-refractivity contribution in [2.75, 3.05) is 5.32 Å². The Morgan fingerprint density at radius 3 is 2.70 bits per heavy atom. The summed E-state index contributed by atoms with van der Waals surface area (Å²) in [5.74, 6) is 0.539. The lowest BCUT2D eigenvalue weighted by Gasteiger charge is -2.02. The number of aromatic nitrogens is 1. The van der Waals surface area contributed by atoms with Crippen molar-refractivity contribution in [3.63, 3.8) is 0 Å². The first-order chi connectivity index (χ1) is 13.1. The molecular weight excluding hydrogens is 367 g/mol. The number of hydrogen-bond acceptors (Lipinski definition) is 5. The lowest BCUT2D eigenvalue weighted by Crippen LogP contribution is -2.10. The van der Waals surface area contributed by atoms with Gasteiger partial charge in [0, 0.05) is 5.69 Å². The molecule has 1 N–H and O–H groups in total. The molecule has 4 rings (SSSR count). The number of nitrogens with one attached hydrogen (secondary N) is 1. The summed E-state index contributed by atoms with van der Waals surface area (Å²) in [6.45, 7) is 1.98. The van der Waals surface area contributed by atoms with E-state index in [0.717, 1.165) is 16.7 Å². The molecule has 27 heavy (non-hydrogen) atoms. The van der Waals surface area contributed by atoms with Gasteiger partial charge in [0.05, 0.1) is 5.75 Å². The summed E-state index contributed by atoms with van der Waals surface area (Å²) >= 11 is 1.39. The quantitative estimate of drug-likeness (QED) is 0.467. The number of carbonyl (C=O) groups is 1. The van der Waals surface area contributed by atoms with Gasteiger partial charge in [0.25, 0.3) is 11.1 Å². The van der Waals surface area contributed by atoms with E-state index in [4.69, 9.17) is 8.83 Å². The van der Waals surface area contributed by atoms with Crippen LogP contribution < -0.4 is 5.32 Å². The summed E-state index contributed by atoms with van der Waals surface area (Å²) in [7, 11) is 0. The number of benzene rings is 2. The highest BCUT2D eigenvalue weighted by Gasteiger charge is 2.13. The number of nitrogens with zero attached hydrogens (tertiary/aromatic N) is 1. The first-order valence-corrected chi connectivity index (χ1v) is 9.21. The van der Waals surface area contributed by atoms with Crippen LogP contribution in [-0.4, -0.2) is 10.9 Å². The molecule has 0 spiro atoms. The van der Waals surface area contributed by atoms with Gasteiger partial charge in [0.1, 0.15) is 17.1 Å². The predicted octanol–water partition coefficient (Wildman–Crippen LogP) is 5.41. The van der Waals surface area contributed by atoms with Crippen molar-refractivity contribution in [3.8, 4) is 0 Å². The van der Waals surface area contributed by atoms with Crippen molar-refractivity contribution >= 4 is 34.5 Å². The largest absolute Gasteiger partial charge is 0.455 e. The molecule has 136 valence electrons. The van der Waals surface area contributed by atoms with Crippen LogP contribution in [0.2, 0.25) is 0 Å². The second-order valence-corrected chi connectivity index (χ2v) is 6.84. The minimum absolute atomic E-state index is 0.184. The molecule has 4 aromatic rings. The van der Waals surface area contributed by atoms with E-state index in [1.165, 1.54) is 36.0 Å². The number of fused-ring (bicyclic) bond motifs is 1. The van der Waals surface area contributed by atoms with Gasteiger partial charge in [-0.05, 0) is 55.0 Å². The van der Waals surface area contributed by atoms with Crippen molar-refractivity contribution in [2.24, 2.45) is 0 Å². The van der Waals surface area contributed by atoms with Crippen LogP contribution in [0.5, 0.6) is 0 Å². The molecule has 0 atom stereocenters. The smallest absolute Gasteiger partial charge is 0.291 e. The molecule has 2 heterocycles. The number of thioether (sulfide) groups is 1. The monoisotopic (exact) mass is 382 g/mol. The third kappa shape index (κ3) is 3.88. The second-order valence-electron chi connectivity index (χ2n) is 5.92. The Hall–Kier alpha value is -3.06. The lowest BCUT2D eigenvalue weighted by molar-refractivity contribution is 0.0995. The molecule has 0 aliphatic heterocycles. The summed E-state index contributed by atoms with van der Waals surface area (Å²) in [6, 6.07) is 14.7. The number of carbonyl (C=O) groups excluding carboxylic acids is 1. The van der Waals surface area contributed by atoms with Gasteiger partial charge >= 0.3 is 0 Å². The van der Waals surface area contributed by atoms with Crippen LogP contribution in [-0.2, 0) is 5.75 Å². The highest BCUT2D eigenvalue weighted by Crippen LogP contribution is 2.28. The van der Waals surface area contributed by atoms with Crippen molar-refractivity contribution in [1.29, 1.82) is 0 Å². The van der Waals surface area contributed by atoms with Gasteiger partial charge in [-0.3, -0.25) is 4.79 Å². The minimum Gasteiger partial charge on any atom is -0.455 e. The lowest BCUT2D eigenvalue weighted by atomic mass is 10.2. The minimum atomic E-state index is -0.393. The van der Waals surface area contributed by atoms with Crippen LogP contribution in [0.4, 0.5) is 10.1 Å². The van der Waals surface area contributed by atoms with Gasteiger partial charge < -0.3 is 14.2 Å². The van der Waals surface area contributed by atoms with E-state index in [2.05, 4.69) is 10.3 Å². The first kappa shape index (κ1) is 17.4. The van der Waals surface area contributed by atoms with Gasteiger partial charge in [0.2, 0.25) is 0 Å². The van der Waals surface area contributed by atoms with Crippen LogP contribution in [0, 0.1) is 12.7 Å². The van der Waals surface area contributed by atoms with Crippen molar-refractivity contribution in [1.82, 2.24) is 4.98 Å². The van der Waals surface area contributed by atoms with Gasteiger partial charge in [-0.15, -0.1) is 0 Å². The van der Waals surface area contributed by atoms with Gasteiger partial charge in [-0.2, -0.15) is 0 Å². The fraction of sp³-hybridized carbons (Fsp3) is 0.100. The van der Waals surface area contributed by atoms with Gasteiger partial charge in [0.15, 0.2) is 11.3 Å². The van der Waals surface area contributed by atoms with E-state index in [9.17, 15) is 9.18 Å². The zero-order chi connectivity index (χ0) is 18.8. The van der Waals surface area contributed by atoms with E-state index in [1.807, 2.05) is 25.1 Å². The molecule has 0 fully saturated rings. The van der Waals surface area contributed by atoms with E-state index < -0.39 is 5.91 Å². The van der Waals surface area contributed by atoms with Gasteiger partial charge in [-0.25, -0.2) is 9.37 Å². The Balaban J connectivity index is 1.40. The normalized spacial score (nSPS) is 11.0. The van der Waals surface area contributed by atoms with E-state index in [-0.39, 0.29) is 11.6 Å². The molecule has 5 nitrogen and oxygen atoms in total. The summed E-state index contributed by atoms with van der Waals surface area (Å²) < 4.78 is 24.2. The maximum absolute atomic E-state index is 12.9. The molecule has 2 aromatic heterocycles. The molecule has 0 aliphatic rings. The standard InChI is InChI=1S/C20H15FN2O3S/c1-12-3-2-4-16-18(12)23-20(26-16)27-11-15-9-10-17(25-15)19(24)22-14-7-5-13(21)6-8-14/h2-10H,11H2,1H3,(H,22,24). The van der Waals surface area contributed by atoms with Crippen LogP contribution in [0.25, 0.3) is 11.1 Å². The van der Waals surface area contributed by atoms with Crippen molar-refractivity contribution < 1.29 is 18.0 Å². The number of furan rings is 1. The third-order valence-corrected chi connectivity index (χ3v) is 4.78. The van der Waals surface area contributed by atoms with E-state index >= 15 is 0 Å². The first-order valence-electron chi connectivity index (χ1n) is 8.23. The maximum atomic E-state index is 12.9. The Bertz CT molecular complexity index is 1100. The molecule has 2 aromatic carbocycles. The summed E-state index contributed by atoms with van der Waals surface area (Å²) in [6.07, 6.45) is 0. The number of para-hydroxylation sites is 1. The van der Waals surface area contributed by atoms with Crippen LogP contribution in [0.15, 0.2) is 68.7 Å². The second kappa shape index (κ2) is 7.28. The fourth-order valence-electron chi connectivity index (χ4n) is 2.56. The zero-order valence-electron chi connectivity index (χ0n) is 14.4. The highest BCUT2D eigenvalue weighted by atomic mass is 32.2. The van der Waals surface area contributed by atoms with Crippen LogP contribution >= 0.6 is 11.8 Å². The molecule has 0 aliphatic carbocycles. The van der Waals surface area contributed by atoms with Crippen molar-refractivity contribution in [3.05, 3.63) is 77.5 Å². The highest BCUT2D eigenvalue weighted by molar-refractivity contribution is 7.98. The number of aryl methyl sites for hydroxylation is 1. The predicted molar refractivity (Wildman–Crippen MR) is 101 cm³/mol. The zero-order valence-corrected chi connectivity index (χ0v) is 15.2. The Morgan fingerprint density at radius 2 is 1.93 bits per heavy atom. The molecular formula is C20H15FN2O3S.